The molecule has 0 aliphatic carbocycles. The van der Waals surface area contributed by atoms with Crippen molar-refractivity contribution >= 4 is 21.8 Å². The number of amides is 1. The zero-order chi connectivity index (χ0) is 13.9. The normalized spacial score (nSPS) is 11.7. The lowest BCUT2D eigenvalue weighted by Gasteiger charge is -2.32. The number of nitrogens with zero attached hydrogens (tertiary/aromatic N) is 1. The number of benzene rings is 1. The van der Waals surface area contributed by atoms with E-state index in [9.17, 15) is 4.79 Å². The molecule has 1 aromatic carbocycles. The second-order valence-electron chi connectivity index (χ2n) is 5.35. The van der Waals surface area contributed by atoms with Crippen molar-refractivity contribution in [3.05, 3.63) is 33.8 Å². The van der Waals surface area contributed by atoms with Crippen LogP contribution in [0.3, 0.4) is 0 Å². The highest BCUT2D eigenvalue weighted by molar-refractivity contribution is 9.10. The van der Waals surface area contributed by atoms with Crippen molar-refractivity contribution in [2.24, 2.45) is 0 Å². The van der Waals surface area contributed by atoms with E-state index < -0.39 is 0 Å². The third kappa shape index (κ3) is 3.82. The van der Waals surface area contributed by atoms with E-state index in [-0.39, 0.29) is 11.4 Å². The standard InChI is InChI=1S/C14H21BrN2O/c1-10-6-7-11(15)8-12(10)13(18)16-9-14(2,3)17(4)5/h6-8H,9H2,1-5H3,(H,16,18). The lowest BCUT2D eigenvalue weighted by Crippen LogP contribution is -2.48. The fraction of sp³-hybridized carbons (Fsp3) is 0.500. The second-order valence-corrected chi connectivity index (χ2v) is 6.26. The monoisotopic (exact) mass is 312 g/mol. The molecule has 1 amide bonds. The molecule has 0 atom stereocenters. The molecule has 18 heavy (non-hydrogen) atoms. The number of carbonyl (C=O) groups excluding carboxylic acids is 1. The van der Waals surface area contributed by atoms with Crippen LogP contribution in [0.2, 0.25) is 0 Å². The molecule has 0 bridgehead atoms. The summed E-state index contributed by atoms with van der Waals surface area (Å²) in [6.45, 7) is 6.76. The van der Waals surface area contributed by atoms with Crippen LogP contribution in [0.5, 0.6) is 0 Å². The molecule has 4 heteroatoms. The van der Waals surface area contributed by atoms with Crippen molar-refractivity contribution < 1.29 is 4.79 Å². The fourth-order valence-electron chi connectivity index (χ4n) is 1.39. The summed E-state index contributed by atoms with van der Waals surface area (Å²) in [4.78, 5) is 14.2. The Morgan fingerprint density at radius 1 is 1.39 bits per heavy atom. The maximum Gasteiger partial charge on any atom is 0.251 e. The lowest BCUT2D eigenvalue weighted by atomic mass is 10.0. The molecule has 100 valence electrons. The van der Waals surface area contributed by atoms with Gasteiger partial charge in [-0.2, -0.15) is 0 Å². The lowest BCUT2D eigenvalue weighted by molar-refractivity contribution is 0.0919. The summed E-state index contributed by atoms with van der Waals surface area (Å²) in [7, 11) is 4.02. The molecule has 0 radical (unpaired) electrons. The first-order valence-corrected chi connectivity index (χ1v) is 6.75. The smallest absolute Gasteiger partial charge is 0.251 e. The Kier molecular flexibility index (Phi) is 4.93. The Hall–Kier alpha value is -0.870. The van der Waals surface area contributed by atoms with Gasteiger partial charge in [-0.1, -0.05) is 22.0 Å². The Bertz CT molecular complexity index is 441. The number of carbonyl (C=O) groups is 1. The largest absolute Gasteiger partial charge is 0.350 e. The Morgan fingerprint density at radius 3 is 2.56 bits per heavy atom. The first kappa shape index (κ1) is 15.2. The van der Waals surface area contributed by atoms with Gasteiger partial charge < -0.3 is 10.2 Å². The average molecular weight is 313 g/mol. The summed E-state index contributed by atoms with van der Waals surface area (Å²) in [6, 6.07) is 5.74. The van der Waals surface area contributed by atoms with Gasteiger partial charge in [-0.05, 0) is 52.6 Å². The van der Waals surface area contributed by atoms with Gasteiger partial charge in [-0.3, -0.25) is 4.79 Å². The van der Waals surface area contributed by atoms with Crippen molar-refractivity contribution in [2.45, 2.75) is 26.3 Å². The van der Waals surface area contributed by atoms with Crippen LogP contribution >= 0.6 is 15.9 Å². The summed E-state index contributed by atoms with van der Waals surface area (Å²) < 4.78 is 0.921. The van der Waals surface area contributed by atoms with Gasteiger partial charge in [0, 0.05) is 22.1 Å². The minimum atomic E-state index is -0.0599. The number of nitrogens with one attached hydrogen (secondary N) is 1. The van der Waals surface area contributed by atoms with Gasteiger partial charge in [0.15, 0.2) is 0 Å². The van der Waals surface area contributed by atoms with Crippen LogP contribution < -0.4 is 5.32 Å². The van der Waals surface area contributed by atoms with Gasteiger partial charge >= 0.3 is 0 Å². The molecule has 1 aromatic rings. The summed E-state index contributed by atoms with van der Waals surface area (Å²) >= 11 is 3.39. The quantitative estimate of drug-likeness (QED) is 0.927. The average Bonchev–Trinajstić information content (AvgIpc) is 2.29. The molecular formula is C14H21BrN2O. The number of hydrogen-bond donors (Lipinski definition) is 1. The number of likely N-dealkylation sites (N-methyl/N-ethyl adjacent to an activating group) is 1. The Morgan fingerprint density at radius 2 is 2.00 bits per heavy atom. The van der Waals surface area contributed by atoms with Gasteiger partial charge in [0.2, 0.25) is 0 Å². The molecular weight excluding hydrogens is 292 g/mol. The predicted molar refractivity (Wildman–Crippen MR) is 79.0 cm³/mol. The van der Waals surface area contributed by atoms with E-state index in [2.05, 4.69) is 40.0 Å². The summed E-state index contributed by atoms with van der Waals surface area (Å²) in [6.07, 6.45) is 0. The third-order valence-corrected chi connectivity index (χ3v) is 3.83. The topological polar surface area (TPSA) is 32.3 Å². The van der Waals surface area contributed by atoms with Gasteiger partial charge in [-0.25, -0.2) is 0 Å². The SMILES string of the molecule is Cc1ccc(Br)cc1C(=O)NCC(C)(C)N(C)C. The molecule has 0 heterocycles. The van der Waals surface area contributed by atoms with Gasteiger partial charge in [0.25, 0.3) is 5.91 Å². The first-order chi connectivity index (χ1) is 8.24. The Labute approximate surface area is 118 Å². The number of hydrogen-bond acceptors (Lipinski definition) is 2. The first-order valence-electron chi connectivity index (χ1n) is 5.96. The minimum Gasteiger partial charge on any atom is -0.350 e. The van der Waals surface area contributed by atoms with Crippen molar-refractivity contribution in [1.82, 2.24) is 10.2 Å². The molecule has 0 aliphatic rings. The van der Waals surface area contributed by atoms with Crippen LogP contribution in [0, 0.1) is 6.92 Å². The number of halogens is 1. The van der Waals surface area contributed by atoms with E-state index in [1.54, 1.807) is 0 Å². The van der Waals surface area contributed by atoms with E-state index in [4.69, 9.17) is 0 Å². The molecule has 0 aromatic heterocycles. The molecule has 0 unspecified atom stereocenters. The third-order valence-electron chi connectivity index (χ3n) is 3.34. The maximum atomic E-state index is 12.1. The molecule has 0 saturated heterocycles. The fourth-order valence-corrected chi connectivity index (χ4v) is 1.75. The van der Waals surface area contributed by atoms with Crippen LogP contribution in [0.4, 0.5) is 0 Å². The minimum absolute atomic E-state index is 0.0243. The predicted octanol–water partition coefficient (Wildman–Crippen LogP) is 2.83. The van der Waals surface area contributed by atoms with Crippen LogP contribution in [0.15, 0.2) is 22.7 Å². The van der Waals surface area contributed by atoms with Crippen LogP contribution in [-0.4, -0.2) is 37.0 Å². The highest BCUT2D eigenvalue weighted by Gasteiger charge is 2.21. The van der Waals surface area contributed by atoms with E-state index in [1.165, 1.54) is 0 Å². The van der Waals surface area contributed by atoms with Crippen LogP contribution in [-0.2, 0) is 0 Å². The zero-order valence-corrected chi connectivity index (χ0v) is 13.3. The van der Waals surface area contributed by atoms with E-state index in [0.29, 0.717) is 6.54 Å². The van der Waals surface area contributed by atoms with Crippen LogP contribution in [0.25, 0.3) is 0 Å². The second kappa shape index (κ2) is 5.85. The molecule has 0 saturated carbocycles. The molecule has 0 aliphatic heterocycles. The molecule has 1 N–H and O–H groups in total. The van der Waals surface area contributed by atoms with Crippen molar-refractivity contribution in [2.75, 3.05) is 20.6 Å². The van der Waals surface area contributed by atoms with Crippen LogP contribution in [0.1, 0.15) is 29.8 Å². The van der Waals surface area contributed by atoms with Crippen molar-refractivity contribution in [3.63, 3.8) is 0 Å². The maximum absolute atomic E-state index is 12.1. The van der Waals surface area contributed by atoms with E-state index >= 15 is 0 Å². The molecule has 0 fully saturated rings. The summed E-state index contributed by atoms with van der Waals surface area (Å²) in [5.41, 5.74) is 1.65. The number of rotatable bonds is 4. The molecule has 0 spiro atoms. The van der Waals surface area contributed by atoms with Gasteiger partial charge in [-0.15, -0.1) is 0 Å². The highest BCUT2D eigenvalue weighted by atomic mass is 79.9. The van der Waals surface area contributed by atoms with E-state index in [1.807, 2.05) is 39.2 Å². The van der Waals surface area contributed by atoms with Gasteiger partial charge in [0.05, 0.1) is 0 Å². The Balaban J connectivity index is 2.75. The van der Waals surface area contributed by atoms with E-state index in [0.717, 1.165) is 15.6 Å². The molecule has 3 nitrogen and oxygen atoms in total. The summed E-state index contributed by atoms with van der Waals surface area (Å²) in [5.74, 6) is -0.0243. The summed E-state index contributed by atoms with van der Waals surface area (Å²) in [5, 5.41) is 2.99. The van der Waals surface area contributed by atoms with Crippen molar-refractivity contribution in [3.8, 4) is 0 Å². The zero-order valence-electron chi connectivity index (χ0n) is 11.7. The van der Waals surface area contributed by atoms with Gasteiger partial charge in [0.1, 0.15) is 0 Å². The highest BCUT2D eigenvalue weighted by Crippen LogP contribution is 2.16. The van der Waals surface area contributed by atoms with Crippen molar-refractivity contribution in [1.29, 1.82) is 0 Å². The number of aryl methyl sites for hydroxylation is 1. The molecule has 1 rings (SSSR count).